The molecule has 1 N–H and O–H groups in total. The molecular formula is C12H10BrFN2O3. The van der Waals surface area contributed by atoms with E-state index in [1.165, 1.54) is 30.0 Å². The number of carboxylic acids is 1. The Kier molecular flexibility index (Phi) is 3.57. The Labute approximate surface area is 116 Å². The minimum atomic E-state index is -1.16. The number of carboxylic acid groups (broad SMARTS) is 1. The van der Waals surface area contributed by atoms with Gasteiger partial charge in [-0.25, -0.2) is 9.18 Å². The quantitative estimate of drug-likeness (QED) is 0.940. The van der Waals surface area contributed by atoms with Crippen molar-refractivity contribution in [1.29, 1.82) is 0 Å². The van der Waals surface area contributed by atoms with Gasteiger partial charge in [0.25, 0.3) is 0 Å². The van der Waals surface area contributed by atoms with Crippen LogP contribution >= 0.6 is 15.9 Å². The first-order chi connectivity index (χ1) is 8.95. The Morgan fingerprint density at radius 2 is 2.21 bits per heavy atom. The maximum Gasteiger partial charge on any atom is 0.357 e. The minimum absolute atomic E-state index is 0.135. The number of ether oxygens (including phenoxy) is 1. The van der Waals surface area contributed by atoms with Gasteiger partial charge in [-0.1, -0.05) is 0 Å². The molecule has 0 aliphatic carbocycles. The van der Waals surface area contributed by atoms with Crippen molar-refractivity contribution in [3.05, 3.63) is 34.2 Å². The van der Waals surface area contributed by atoms with Crippen LogP contribution in [0.2, 0.25) is 0 Å². The Morgan fingerprint density at radius 3 is 2.74 bits per heavy atom. The number of rotatable bonds is 3. The third kappa shape index (κ3) is 2.33. The Balaban J connectivity index is 2.72. The van der Waals surface area contributed by atoms with Crippen molar-refractivity contribution >= 4 is 21.9 Å². The first kappa shape index (κ1) is 13.5. The molecule has 0 saturated heterocycles. The van der Waals surface area contributed by atoms with E-state index in [0.717, 1.165) is 0 Å². The first-order valence-corrected chi connectivity index (χ1v) is 6.04. The van der Waals surface area contributed by atoms with Crippen molar-refractivity contribution < 1.29 is 19.0 Å². The third-order valence-electron chi connectivity index (χ3n) is 2.61. The molecule has 0 bridgehead atoms. The Bertz CT molecular complexity index is 655. The zero-order valence-electron chi connectivity index (χ0n) is 10.1. The molecule has 0 radical (unpaired) electrons. The van der Waals surface area contributed by atoms with E-state index in [2.05, 4.69) is 21.0 Å². The Morgan fingerprint density at radius 1 is 1.53 bits per heavy atom. The van der Waals surface area contributed by atoms with Crippen LogP contribution in [-0.2, 0) is 7.05 Å². The van der Waals surface area contributed by atoms with Crippen LogP contribution in [0.15, 0.2) is 22.7 Å². The fourth-order valence-electron chi connectivity index (χ4n) is 1.79. The molecule has 1 aromatic carbocycles. The molecule has 2 rings (SSSR count). The molecule has 1 aromatic heterocycles. The summed E-state index contributed by atoms with van der Waals surface area (Å²) in [6, 6.07) is 4.02. The molecule has 19 heavy (non-hydrogen) atoms. The van der Waals surface area contributed by atoms with Gasteiger partial charge in [-0.05, 0) is 34.1 Å². The van der Waals surface area contributed by atoms with Gasteiger partial charge >= 0.3 is 5.97 Å². The van der Waals surface area contributed by atoms with E-state index in [1.54, 1.807) is 7.05 Å². The third-order valence-corrected chi connectivity index (χ3v) is 3.36. The number of hydrogen-bond donors (Lipinski definition) is 1. The molecule has 7 heteroatoms. The van der Waals surface area contributed by atoms with Crippen molar-refractivity contribution in [2.75, 3.05) is 7.11 Å². The number of aryl methyl sites for hydroxylation is 1. The second-order valence-electron chi connectivity index (χ2n) is 3.78. The van der Waals surface area contributed by atoms with Gasteiger partial charge in [-0.15, -0.1) is 0 Å². The Hall–Kier alpha value is -1.89. The number of nitrogens with zero attached hydrogens (tertiary/aromatic N) is 2. The van der Waals surface area contributed by atoms with Crippen molar-refractivity contribution in [2.24, 2.45) is 7.05 Å². The summed E-state index contributed by atoms with van der Waals surface area (Å²) in [5.41, 5.74) is 0.731. The molecule has 0 fully saturated rings. The average Bonchev–Trinajstić information content (AvgIpc) is 2.65. The van der Waals surface area contributed by atoms with Crippen LogP contribution in [0.3, 0.4) is 0 Å². The minimum Gasteiger partial charge on any atom is -0.496 e. The highest BCUT2D eigenvalue weighted by molar-refractivity contribution is 9.10. The molecule has 0 aliphatic heterocycles. The van der Waals surface area contributed by atoms with E-state index < -0.39 is 11.8 Å². The second-order valence-corrected chi connectivity index (χ2v) is 4.58. The van der Waals surface area contributed by atoms with Gasteiger partial charge in [0.05, 0.1) is 17.3 Å². The second kappa shape index (κ2) is 5.00. The lowest BCUT2D eigenvalue weighted by atomic mass is 10.1. The fraction of sp³-hybridized carbons (Fsp3) is 0.167. The van der Waals surface area contributed by atoms with E-state index in [1.807, 2.05) is 0 Å². The highest BCUT2D eigenvalue weighted by atomic mass is 79.9. The standard InChI is InChI=1S/C12H10BrFN2O3/c1-16-11(9(13)10(15-16)12(17)18)7-5-6(14)3-4-8(7)19-2/h3-5H,1-2H3,(H,17,18). The molecule has 0 atom stereocenters. The van der Waals surface area contributed by atoms with Crippen molar-refractivity contribution in [1.82, 2.24) is 9.78 Å². The highest BCUT2D eigenvalue weighted by Gasteiger charge is 2.22. The van der Waals surface area contributed by atoms with Crippen LogP contribution in [-0.4, -0.2) is 28.0 Å². The lowest BCUT2D eigenvalue weighted by Crippen LogP contribution is -2.00. The lowest BCUT2D eigenvalue weighted by molar-refractivity contribution is 0.0688. The number of aromatic carboxylic acids is 1. The molecular weight excluding hydrogens is 319 g/mol. The number of hydrogen-bond acceptors (Lipinski definition) is 3. The number of halogens is 2. The molecule has 0 amide bonds. The van der Waals surface area contributed by atoms with Gasteiger partial charge in [0.15, 0.2) is 5.69 Å². The number of benzene rings is 1. The van der Waals surface area contributed by atoms with E-state index in [-0.39, 0.29) is 10.2 Å². The summed E-state index contributed by atoms with van der Waals surface area (Å²) in [4.78, 5) is 11.0. The molecule has 1 heterocycles. The zero-order valence-corrected chi connectivity index (χ0v) is 11.7. The van der Waals surface area contributed by atoms with Crippen LogP contribution in [0, 0.1) is 5.82 Å². The van der Waals surface area contributed by atoms with Gasteiger partial charge in [-0.2, -0.15) is 5.10 Å². The van der Waals surface area contributed by atoms with Crippen LogP contribution < -0.4 is 4.74 Å². The molecule has 5 nitrogen and oxygen atoms in total. The SMILES string of the molecule is COc1ccc(F)cc1-c1c(Br)c(C(=O)O)nn1C. The first-order valence-electron chi connectivity index (χ1n) is 5.25. The van der Waals surface area contributed by atoms with Crippen LogP contribution in [0.25, 0.3) is 11.3 Å². The van der Waals surface area contributed by atoms with Gasteiger partial charge in [0, 0.05) is 12.6 Å². The highest BCUT2D eigenvalue weighted by Crippen LogP contribution is 2.36. The smallest absolute Gasteiger partial charge is 0.357 e. The average molecular weight is 329 g/mol. The summed E-state index contributed by atoms with van der Waals surface area (Å²) < 4.78 is 20.2. The zero-order chi connectivity index (χ0) is 14.2. The van der Waals surface area contributed by atoms with Gasteiger partial charge in [0.2, 0.25) is 0 Å². The van der Waals surface area contributed by atoms with Gasteiger partial charge in [-0.3, -0.25) is 4.68 Å². The molecule has 0 spiro atoms. The summed E-state index contributed by atoms with van der Waals surface area (Å²) >= 11 is 3.19. The topological polar surface area (TPSA) is 64.3 Å². The summed E-state index contributed by atoms with van der Waals surface area (Å²) in [6.07, 6.45) is 0. The number of aromatic nitrogens is 2. The maximum atomic E-state index is 13.4. The van der Waals surface area contributed by atoms with Crippen LogP contribution in [0.1, 0.15) is 10.5 Å². The van der Waals surface area contributed by atoms with E-state index in [0.29, 0.717) is 17.0 Å². The monoisotopic (exact) mass is 328 g/mol. The van der Waals surface area contributed by atoms with Gasteiger partial charge in [0.1, 0.15) is 11.6 Å². The predicted molar refractivity (Wildman–Crippen MR) is 69.8 cm³/mol. The van der Waals surface area contributed by atoms with Crippen LogP contribution in [0.5, 0.6) is 5.75 Å². The summed E-state index contributed by atoms with van der Waals surface area (Å²) in [7, 11) is 3.04. The predicted octanol–water partition coefficient (Wildman–Crippen LogP) is 2.70. The lowest BCUT2D eigenvalue weighted by Gasteiger charge is -2.09. The van der Waals surface area contributed by atoms with Crippen molar-refractivity contribution in [2.45, 2.75) is 0 Å². The summed E-state index contributed by atoms with van der Waals surface area (Å²) in [6.45, 7) is 0. The normalized spacial score (nSPS) is 10.5. The summed E-state index contributed by atoms with van der Waals surface area (Å²) in [5.74, 6) is -1.17. The van der Waals surface area contributed by atoms with Gasteiger partial charge < -0.3 is 9.84 Å². The van der Waals surface area contributed by atoms with Crippen molar-refractivity contribution in [3.8, 4) is 17.0 Å². The largest absolute Gasteiger partial charge is 0.496 e. The number of carbonyl (C=O) groups is 1. The van der Waals surface area contributed by atoms with Crippen LogP contribution in [0.4, 0.5) is 4.39 Å². The molecule has 0 saturated carbocycles. The molecule has 2 aromatic rings. The van der Waals surface area contributed by atoms with E-state index >= 15 is 0 Å². The summed E-state index contributed by atoms with van der Waals surface area (Å²) in [5, 5.41) is 12.9. The molecule has 100 valence electrons. The maximum absolute atomic E-state index is 13.4. The number of methoxy groups -OCH3 is 1. The fourth-order valence-corrected chi connectivity index (χ4v) is 2.51. The molecule has 0 aliphatic rings. The van der Waals surface area contributed by atoms with E-state index in [4.69, 9.17) is 9.84 Å². The van der Waals surface area contributed by atoms with Crippen molar-refractivity contribution in [3.63, 3.8) is 0 Å². The van der Waals surface area contributed by atoms with E-state index in [9.17, 15) is 9.18 Å². The molecule has 0 unspecified atom stereocenters.